The number of hydrogen-bond acceptors (Lipinski definition) is 4. The third-order valence-electron chi connectivity index (χ3n) is 2.24. The van der Waals surface area contributed by atoms with Crippen molar-refractivity contribution in [2.75, 3.05) is 5.32 Å². The molecular formula is C10H8BrN3O3S. The Morgan fingerprint density at radius 3 is 2.56 bits per heavy atom. The molecule has 1 aromatic carbocycles. The Kier molecular flexibility index (Phi) is 3.14. The SMILES string of the molecule is NC(=O)Nc1sc2cc(O)c(Br)cc2c1C(N)=O. The maximum Gasteiger partial charge on any atom is 0.317 e. The number of nitrogens with one attached hydrogen (secondary N) is 1. The standard InChI is InChI=1S/C10H8BrN3O3S/c11-4-1-3-6(2-5(4)15)18-9(14-10(13)17)7(3)8(12)16/h1-2,15H,(H2,12,16)(H3,13,14,17). The minimum absolute atomic E-state index is 0.0328. The Bertz CT molecular complexity index is 668. The molecular weight excluding hydrogens is 322 g/mol. The zero-order valence-electron chi connectivity index (χ0n) is 8.86. The number of phenolic OH excluding ortho intramolecular Hbond substituents is 1. The van der Waals surface area contributed by atoms with Crippen LogP contribution >= 0.6 is 27.3 Å². The van der Waals surface area contributed by atoms with Gasteiger partial charge in [0.25, 0.3) is 5.91 Å². The van der Waals surface area contributed by atoms with Gasteiger partial charge in [0.1, 0.15) is 10.8 Å². The van der Waals surface area contributed by atoms with E-state index in [2.05, 4.69) is 21.2 Å². The average molecular weight is 330 g/mol. The van der Waals surface area contributed by atoms with Crippen molar-refractivity contribution in [2.45, 2.75) is 0 Å². The van der Waals surface area contributed by atoms with Crippen LogP contribution in [0.3, 0.4) is 0 Å². The first-order valence-corrected chi connectivity index (χ1v) is 6.32. The number of hydrogen-bond donors (Lipinski definition) is 4. The molecule has 0 aliphatic carbocycles. The van der Waals surface area contributed by atoms with E-state index in [9.17, 15) is 14.7 Å². The van der Waals surface area contributed by atoms with Crippen molar-refractivity contribution in [2.24, 2.45) is 11.5 Å². The van der Waals surface area contributed by atoms with E-state index in [1.54, 1.807) is 6.07 Å². The summed E-state index contributed by atoms with van der Waals surface area (Å²) in [5, 5.41) is 12.7. The van der Waals surface area contributed by atoms with E-state index >= 15 is 0 Å². The van der Waals surface area contributed by atoms with E-state index in [4.69, 9.17) is 11.5 Å². The smallest absolute Gasteiger partial charge is 0.317 e. The summed E-state index contributed by atoms with van der Waals surface area (Å²) >= 11 is 4.26. The summed E-state index contributed by atoms with van der Waals surface area (Å²) < 4.78 is 1.05. The Balaban J connectivity index is 2.75. The Morgan fingerprint density at radius 1 is 1.33 bits per heavy atom. The van der Waals surface area contributed by atoms with Gasteiger partial charge in [-0.25, -0.2) is 4.79 Å². The highest BCUT2D eigenvalue weighted by molar-refractivity contribution is 9.10. The van der Waals surface area contributed by atoms with Gasteiger partial charge in [0, 0.05) is 10.1 Å². The molecule has 0 spiro atoms. The van der Waals surface area contributed by atoms with Crippen LogP contribution < -0.4 is 16.8 Å². The van der Waals surface area contributed by atoms with Crippen LogP contribution in [0, 0.1) is 0 Å². The van der Waals surface area contributed by atoms with Gasteiger partial charge in [-0.05, 0) is 28.1 Å². The maximum atomic E-state index is 11.4. The highest BCUT2D eigenvalue weighted by Gasteiger charge is 2.19. The molecule has 94 valence electrons. The molecule has 0 atom stereocenters. The molecule has 2 aromatic rings. The average Bonchev–Trinajstić information content (AvgIpc) is 2.55. The zero-order chi connectivity index (χ0) is 13.4. The number of rotatable bonds is 2. The van der Waals surface area contributed by atoms with E-state index in [-0.39, 0.29) is 16.3 Å². The second kappa shape index (κ2) is 4.46. The van der Waals surface area contributed by atoms with Gasteiger partial charge in [0.15, 0.2) is 0 Å². The van der Waals surface area contributed by atoms with Crippen LogP contribution in [0.15, 0.2) is 16.6 Å². The van der Waals surface area contributed by atoms with E-state index in [1.807, 2.05) is 0 Å². The number of anilines is 1. The topological polar surface area (TPSA) is 118 Å². The molecule has 0 saturated carbocycles. The fourth-order valence-electron chi connectivity index (χ4n) is 1.55. The molecule has 6 nitrogen and oxygen atoms in total. The number of aromatic hydroxyl groups is 1. The Hall–Kier alpha value is -1.80. The van der Waals surface area contributed by atoms with Gasteiger partial charge in [-0.2, -0.15) is 0 Å². The normalized spacial score (nSPS) is 10.5. The van der Waals surface area contributed by atoms with Gasteiger partial charge >= 0.3 is 6.03 Å². The van der Waals surface area contributed by atoms with Crippen LogP contribution in [-0.4, -0.2) is 17.0 Å². The Morgan fingerprint density at radius 2 is 2.00 bits per heavy atom. The quantitative estimate of drug-likeness (QED) is 0.674. The molecule has 0 saturated heterocycles. The summed E-state index contributed by atoms with van der Waals surface area (Å²) in [6.07, 6.45) is 0. The van der Waals surface area contributed by atoms with E-state index < -0.39 is 11.9 Å². The number of carbonyl (C=O) groups is 2. The van der Waals surface area contributed by atoms with Crippen molar-refractivity contribution >= 4 is 54.3 Å². The third kappa shape index (κ3) is 2.12. The lowest BCUT2D eigenvalue weighted by atomic mass is 10.1. The van der Waals surface area contributed by atoms with Crippen molar-refractivity contribution in [1.82, 2.24) is 0 Å². The Labute approximate surface area is 114 Å². The van der Waals surface area contributed by atoms with Crippen molar-refractivity contribution in [1.29, 1.82) is 0 Å². The first kappa shape index (κ1) is 12.7. The third-order valence-corrected chi connectivity index (χ3v) is 3.94. The zero-order valence-corrected chi connectivity index (χ0v) is 11.3. The lowest BCUT2D eigenvalue weighted by Gasteiger charge is -2.01. The molecule has 1 aromatic heterocycles. The molecule has 6 N–H and O–H groups in total. The van der Waals surface area contributed by atoms with Gasteiger partial charge in [-0.3, -0.25) is 10.1 Å². The molecule has 0 aliphatic rings. The van der Waals surface area contributed by atoms with E-state index in [1.165, 1.54) is 6.07 Å². The summed E-state index contributed by atoms with van der Waals surface area (Å²) in [7, 11) is 0. The summed E-state index contributed by atoms with van der Waals surface area (Å²) in [4.78, 5) is 22.3. The fraction of sp³-hybridized carbons (Fsp3) is 0. The molecule has 0 fully saturated rings. The number of carbonyl (C=O) groups excluding carboxylic acids is 2. The van der Waals surface area contributed by atoms with Crippen LogP contribution in [0.4, 0.5) is 9.80 Å². The molecule has 2 rings (SSSR count). The number of amides is 3. The van der Waals surface area contributed by atoms with Crippen molar-refractivity contribution in [3.05, 3.63) is 22.2 Å². The van der Waals surface area contributed by atoms with Crippen molar-refractivity contribution < 1.29 is 14.7 Å². The lowest BCUT2D eigenvalue weighted by molar-refractivity contribution is 0.100. The first-order chi connectivity index (χ1) is 8.40. The second-order valence-electron chi connectivity index (χ2n) is 3.46. The summed E-state index contributed by atoms with van der Waals surface area (Å²) in [6.45, 7) is 0. The predicted molar refractivity (Wildman–Crippen MR) is 72.9 cm³/mol. The largest absolute Gasteiger partial charge is 0.507 e. The monoisotopic (exact) mass is 329 g/mol. The number of thiophene rings is 1. The van der Waals surface area contributed by atoms with Gasteiger partial charge in [0.2, 0.25) is 0 Å². The predicted octanol–water partition coefficient (Wildman–Crippen LogP) is 1.96. The number of nitrogens with two attached hydrogens (primary N) is 2. The minimum Gasteiger partial charge on any atom is -0.507 e. The molecule has 0 bridgehead atoms. The van der Waals surface area contributed by atoms with E-state index in [0.29, 0.717) is 14.6 Å². The summed E-state index contributed by atoms with van der Waals surface area (Å²) in [5.41, 5.74) is 10.5. The van der Waals surface area contributed by atoms with Gasteiger partial charge in [0.05, 0.1) is 10.0 Å². The summed E-state index contributed by atoms with van der Waals surface area (Å²) in [5.74, 6) is -0.645. The van der Waals surface area contributed by atoms with Crippen LogP contribution in [0.5, 0.6) is 5.75 Å². The number of urea groups is 1. The minimum atomic E-state index is -0.785. The molecule has 1 heterocycles. The van der Waals surface area contributed by atoms with Gasteiger partial charge in [-0.1, -0.05) is 0 Å². The molecule has 0 unspecified atom stereocenters. The van der Waals surface area contributed by atoms with Crippen LogP contribution in [0.25, 0.3) is 10.1 Å². The molecule has 18 heavy (non-hydrogen) atoms. The van der Waals surface area contributed by atoms with Gasteiger partial charge in [-0.15, -0.1) is 11.3 Å². The highest BCUT2D eigenvalue weighted by atomic mass is 79.9. The number of benzene rings is 1. The number of halogens is 1. The number of fused-ring (bicyclic) bond motifs is 1. The van der Waals surface area contributed by atoms with Gasteiger partial charge < -0.3 is 16.6 Å². The first-order valence-electron chi connectivity index (χ1n) is 4.71. The molecule has 0 radical (unpaired) electrons. The molecule has 3 amide bonds. The lowest BCUT2D eigenvalue weighted by Crippen LogP contribution is -2.21. The maximum absolute atomic E-state index is 11.4. The van der Waals surface area contributed by atoms with E-state index in [0.717, 1.165) is 11.3 Å². The summed E-state index contributed by atoms with van der Waals surface area (Å²) in [6, 6.07) is 2.25. The highest BCUT2D eigenvalue weighted by Crippen LogP contribution is 2.40. The second-order valence-corrected chi connectivity index (χ2v) is 5.37. The van der Waals surface area contributed by atoms with Crippen molar-refractivity contribution in [3.8, 4) is 5.75 Å². The van der Waals surface area contributed by atoms with Crippen molar-refractivity contribution in [3.63, 3.8) is 0 Å². The van der Waals surface area contributed by atoms with Crippen LogP contribution in [-0.2, 0) is 0 Å². The van der Waals surface area contributed by atoms with Crippen LogP contribution in [0.1, 0.15) is 10.4 Å². The fourth-order valence-corrected chi connectivity index (χ4v) is 3.02. The number of primary amides is 2. The number of phenols is 1. The molecule has 0 aliphatic heterocycles. The van der Waals surface area contributed by atoms with Crippen LogP contribution in [0.2, 0.25) is 0 Å². The molecule has 8 heteroatoms.